The number of anilines is 1. The largest absolute Gasteiger partial charge is 0.476 e. The lowest BCUT2D eigenvalue weighted by atomic mass is 10.1. The van der Waals surface area contributed by atoms with E-state index in [4.69, 9.17) is 9.84 Å². The molecule has 2 rings (SSSR count). The maximum absolute atomic E-state index is 11.6. The average molecular weight is 322 g/mol. The number of carbonyl (C=O) groups excluding carboxylic acids is 1. The minimum atomic E-state index is -1.09. The van der Waals surface area contributed by atoms with Crippen LogP contribution in [0.2, 0.25) is 0 Å². The summed E-state index contributed by atoms with van der Waals surface area (Å²) >= 11 is 0. The van der Waals surface area contributed by atoms with Gasteiger partial charge in [-0.1, -0.05) is 0 Å². The van der Waals surface area contributed by atoms with Crippen LogP contribution in [0.25, 0.3) is 0 Å². The van der Waals surface area contributed by atoms with Gasteiger partial charge in [-0.25, -0.2) is 19.6 Å². The van der Waals surface area contributed by atoms with Gasteiger partial charge in [0, 0.05) is 19.6 Å². The highest BCUT2D eigenvalue weighted by atomic mass is 16.6. The molecule has 0 radical (unpaired) electrons. The second kappa shape index (κ2) is 6.80. The van der Waals surface area contributed by atoms with E-state index in [0.29, 0.717) is 18.3 Å². The number of alkyl carbamates (subject to hydrolysis) is 1. The van der Waals surface area contributed by atoms with Gasteiger partial charge in [-0.2, -0.15) is 0 Å². The number of aromatic carboxylic acids is 1. The van der Waals surface area contributed by atoms with Crippen molar-refractivity contribution >= 4 is 17.9 Å². The molecule has 126 valence electrons. The first-order chi connectivity index (χ1) is 10.7. The van der Waals surface area contributed by atoms with Crippen LogP contribution in [-0.2, 0) is 4.74 Å². The van der Waals surface area contributed by atoms with Crippen molar-refractivity contribution in [2.24, 2.45) is 5.92 Å². The van der Waals surface area contributed by atoms with Gasteiger partial charge in [-0.05, 0) is 33.1 Å². The summed E-state index contributed by atoms with van der Waals surface area (Å²) in [6, 6.07) is 0. The Labute approximate surface area is 134 Å². The van der Waals surface area contributed by atoms with Crippen molar-refractivity contribution < 1.29 is 19.4 Å². The number of nitrogens with one attached hydrogen (secondary N) is 1. The number of amides is 1. The van der Waals surface area contributed by atoms with Crippen molar-refractivity contribution in [3.63, 3.8) is 0 Å². The molecular formula is C15H22N4O4. The van der Waals surface area contributed by atoms with Crippen LogP contribution in [0.1, 0.15) is 37.7 Å². The molecule has 0 saturated carbocycles. The first-order valence-electron chi connectivity index (χ1n) is 7.52. The van der Waals surface area contributed by atoms with E-state index in [-0.39, 0.29) is 5.69 Å². The van der Waals surface area contributed by atoms with Crippen LogP contribution in [0, 0.1) is 5.92 Å². The van der Waals surface area contributed by atoms with Crippen molar-refractivity contribution in [1.82, 2.24) is 15.3 Å². The lowest BCUT2D eigenvalue weighted by molar-refractivity contribution is 0.0520. The van der Waals surface area contributed by atoms with Crippen molar-refractivity contribution in [2.45, 2.75) is 32.8 Å². The fourth-order valence-electron chi connectivity index (χ4n) is 2.34. The molecule has 1 aromatic rings. The number of hydrogen-bond acceptors (Lipinski definition) is 6. The smallest absolute Gasteiger partial charge is 0.407 e. The highest BCUT2D eigenvalue weighted by Crippen LogP contribution is 2.21. The standard InChI is InChI=1S/C15H22N4O4/c1-15(2,3)23-14(22)18-6-10-4-5-19(9-10)12-8-16-11(7-17-12)13(20)21/h7-8,10H,4-6,9H2,1-3H3,(H,18,22)(H,20,21). The minimum absolute atomic E-state index is 0.0731. The van der Waals surface area contributed by atoms with Crippen molar-refractivity contribution in [3.8, 4) is 0 Å². The van der Waals surface area contributed by atoms with Gasteiger partial charge in [-0.3, -0.25) is 0 Å². The normalized spacial score (nSPS) is 17.9. The van der Waals surface area contributed by atoms with Gasteiger partial charge >= 0.3 is 12.1 Å². The SMILES string of the molecule is CC(C)(C)OC(=O)NCC1CCN(c2cnc(C(=O)O)cn2)C1. The molecule has 2 heterocycles. The molecule has 1 aliphatic rings. The Kier molecular flexibility index (Phi) is 5.02. The number of carboxylic acids is 1. The highest BCUT2D eigenvalue weighted by molar-refractivity contribution is 5.84. The van der Waals surface area contributed by atoms with Crippen LogP contribution in [-0.4, -0.2) is 52.4 Å². The summed E-state index contributed by atoms with van der Waals surface area (Å²) in [5.74, 6) is -0.150. The molecular weight excluding hydrogens is 300 g/mol. The molecule has 0 aromatic carbocycles. The predicted octanol–water partition coefficient (Wildman–Crippen LogP) is 1.53. The molecule has 8 heteroatoms. The number of aromatic nitrogens is 2. The van der Waals surface area contributed by atoms with Gasteiger partial charge in [-0.15, -0.1) is 0 Å². The average Bonchev–Trinajstić information content (AvgIpc) is 2.92. The van der Waals surface area contributed by atoms with E-state index in [1.165, 1.54) is 12.4 Å². The molecule has 1 aliphatic heterocycles. The molecule has 23 heavy (non-hydrogen) atoms. The summed E-state index contributed by atoms with van der Waals surface area (Å²) in [5.41, 5.74) is -0.580. The predicted molar refractivity (Wildman–Crippen MR) is 83.5 cm³/mol. The Hall–Kier alpha value is -2.38. The highest BCUT2D eigenvalue weighted by Gasteiger charge is 2.25. The van der Waals surface area contributed by atoms with Crippen LogP contribution in [0.5, 0.6) is 0 Å². The second-order valence-electron chi connectivity index (χ2n) is 6.55. The topological polar surface area (TPSA) is 105 Å². The molecule has 0 spiro atoms. The first-order valence-corrected chi connectivity index (χ1v) is 7.52. The van der Waals surface area contributed by atoms with Gasteiger partial charge < -0.3 is 20.1 Å². The molecule has 8 nitrogen and oxygen atoms in total. The molecule has 1 aromatic heterocycles. The van der Waals surface area contributed by atoms with E-state index in [2.05, 4.69) is 15.3 Å². The number of ether oxygens (including phenoxy) is 1. The number of carbonyl (C=O) groups is 2. The van der Waals surface area contributed by atoms with Gasteiger partial charge in [0.2, 0.25) is 0 Å². The Morgan fingerprint density at radius 1 is 1.39 bits per heavy atom. The van der Waals surface area contributed by atoms with Gasteiger partial charge in [0.1, 0.15) is 11.4 Å². The van der Waals surface area contributed by atoms with E-state index >= 15 is 0 Å². The molecule has 1 saturated heterocycles. The molecule has 2 N–H and O–H groups in total. The lowest BCUT2D eigenvalue weighted by Gasteiger charge is -2.21. The van der Waals surface area contributed by atoms with E-state index in [9.17, 15) is 9.59 Å². The van der Waals surface area contributed by atoms with E-state index in [0.717, 1.165) is 19.5 Å². The zero-order valence-electron chi connectivity index (χ0n) is 13.6. The fourth-order valence-corrected chi connectivity index (χ4v) is 2.34. The molecule has 1 atom stereocenters. The third kappa shape index (κ3) is 5.08. The fraction of sp³-hybridized carbons (Fsp3) is 0.600. The second-order valence-corrected chi connectivity index (χ2v) is 6.55. The summed E-state index contributed by atoms with van der Waals surface area (Å²) in [6.45, 7) is 7.53. The Balaban J connectivity index is 1.82. The Morgan fingerprint density at radius 3 is 2.70 bits per heavy atom. The monoisotopic (exact) mass is 322 g/mol. The maximum atomic E-state index is 11.6. The van der Waals surface area contributed by atoms with E-state index in [1.807, 2.05) is 25.7 Å². The summed E-state index contributed by atoms with van der Waals surface area (Å²) in [4.78, 5) is 32.4. The third-order valence-electron chi connectivity index (χ3n) is 3.40. The van der Waals surface area contributed by atoms with Gasteiger partial charge in [0.15, 0.2) is 5.69 Å². The number of rotatable bonds is 4. The number of carboxylic acid groups (broad SMARTS) is 1. The van der Waals surface area contributed by atoms with Crippen LogP contribution >= 0.6 is 0 Å². The van der Waals surface area contributed by atoms with Crippen molar-refractivity contribution in [1.29, 1.82) is 0 Å². The summed E-state index contributed by atoms with van der Waals surface area (Å²) in [7, 11) is 0. The molecule has 0 aliphatic carbocycles. The number of hydrogen-bond donors (Lipinski definition) is 2. The Morgan fingerprint density at radius 2 is 2.13 bits per heavy atom. The zero-order valence-corrected chi connectivity index (χ0v) is 13.6. The summed E-state index contributed by atoms with van der Waals surface area (Å²) in [5, 5.41) is 11.6. The third-order valence-corrected chi connectivity index (χ3v) is 3.40. The van der Waals surface area contributed by atoms with E-state index in [1.54, 1.807) is 0 Å². The molecule has 0 bridgehead atoms. The number of nitrogens with zero attached hydrogens (tertiary/aromatic N) is 3. The van der Waals surface area contributed by atoms with Crippen molar-refractivity contribution in [2.75, 3.05) is 24.5 Å². The molecule has 1 unspecified atom stereocenters. The van der Waals surface area contributed by atoms with Gasteiger partial charge in [0.25, 0.3) is 0 Å². The quantitative estimate of drug-likeness (QED) is 0.866. The van der Waals surface area contributed by atoms with Crippen LogP contribution < -0.4 is 10.2 Å². The Bertz CT molecular complexity index is 568. The van der Waals surface area contributed by atoms with Crippen LogP contribution in [0.4, 0.5) is 10.6 Å². The molecule has 1 fully saturated rings. The lowest BCUT2D eigenvalue weighted by Crippen LogP contribution is -2.36. The minimum Gasteiger partial charge on any atom is -0.476 e. The summed E-state index contributed by atoms with van der Waals surface area (Å²) < 4.78 is 5.20. The van der Waals surface area contributed by atoms with Gasteiger partial charge in [0.05, 0.1) is 12.4 Å². The first kappa shape index (κ1) is 17.0. The van der Waals surface area contributed by atoms with Crippen LogP contribution in [0.15, 0.2) is 12.4 Å². The van der Waals surface area contributed by atoms with Crippen molar-refractivity contribution in [3.05, 3.63) is 18.1 Å². The molecule has 1 amide bonds. The van der Waals surface area contributed by atoms with Crippen LogP contribution in [0.3, 0.4) is 0 Å². The van der Waals surface area contributed by atoms with E-state index < -0.39 is 17.7 Å². The summed E-state index contributed by atoms with van der Waals surface area (Å²) in [6.07, 6.45) is 3.22. The maximum Gasteiger partial charge on any atom is 0.407 e. The zero-order chi connectivity index (χ0) is 17.0.